The molecular formula is C6H19FORf. The smallest absolute Gasteiger partial charge is 0 e. The quantitative estimate of drug-likeness (QED) is 0.727. The number of hydrogen-bond acceptors (Lipinski definition) is 1. The van der Waals surface area contributed by atoms with Gasteiger partial charge in [0.15, 0.2) is 0 Å². The van der Waals surface area contributed by atoms with Crippen LogP contribution in [0.4, 0.5) is 4.53 Å². The molecule has 0 aromatic rings. The Labute approximate surface area is 52.4 Å². The first-order valence-electron chi connectivity index (χ1n) is 2.08. The molecule has 0 rings (SSSR count). The third-order valence-corrected chi connectivity index (χ3v) is 0.500. The van der Waals surface area contributed by atoms with Gasteiger partial charge in [-0.3, -0.25) is 0 Å². The molecule has 0 saturated heterocycles. The van der Waals surface area contributed by atoms with E-state index in [9.17, 15) is 0 Å². The molecule has 0 atom stereocenters. The molecule has 0 aliphatic carbocycles. The van der Waals surface area contributed by atoms with Crippen LogP contribution in [-0.4, -0.2) is 5.31 Å². The number of rotatable bonds is 1. The Balaban J connectivity index is -0.00000000990. The molecule has 0 amide bonds. The van der Waals surface area contributed by atoms with E-state index in [0.29, 0.717) is 0 Å². The normalized spacial score (nSPS) is 4.00. The van der Waals surface area contributed by atoms with E-state index in [-0.39, 0.29) is 14.9 Å². The maximum Gasteiger partial charge on any atom is 0 e. The molecule has 0 radical (unpaired) electrons. The molecule has 0 spiro atoms. The van der Waals surface area contributed by atoms with Gasteiger partial charge in [0.05, 0.1) is 0 Å². The van der Waals surface area contributed by atoms with Crippen molar-refractivity contribution in [3.8, 4) is 0 Å². The number of hydrogen-bond donors (Lipinski definition) is 1. The first-order chi connectivity index (χ1) is 2.91. The molecule has 0 aromatic carbocycles. The molecule has 0 aliphatic rings. The molecule has 0 aliphatic heterocycles. The summed E-state index contributed by atoms with van der Waals surface area (Å²) in [6, 6.07) is 0. The molecule has 0 unspecified atom stereocenters. The minimum Gasteiger partial charge on any atom is -0.209 e. The van der Waals surface area contributed by atoms with Crippen LogP contribution < -0.4 is 0 Å². The van der Waals surface area contributed by atoms with E-state index in [2.05, 4.69) is 13.8 Å². The second kappa shape index (κ2) is 302. The fourth-order valence-electron chi connectivity index (χ4n) is 0. The third-order valence-electron chi connectivity index (χ3n) is 0.500. The Morgan fingerprint density at radius 3 is 1.11 bits per heavy atom. The van der Waals surface area contributed by atoms with Crippen molar-refractivity contribution in [1.29, 1.82) is 0 Å². The molecule has 58 valence electrons. The minimum atomic E-state index is 0. The van der Waals surface area contributed by atoms with E-state index >= 15 is 0 Å². The van der Waals surface area contributed by atoms with Crippen LogP contribution in [0.2, 0.25) is 0 Å². The molecule has 1 N–H and O–H groups in total. The summed E-state index contributed by atoms with van der Waals surface area (Å²) < 4.78 is 8.50. The van der Waals surface area contributed by atoms with Crippen LogP contribution in [0.5, 0.6) is 0 Å². The van der Waals surface area contributed by atoms with Gasteiger partial charge in [-0.1, -0.05) is 46.1 Å². The van der Waals surface area contributed by atoms with Crippen LogP contribution in [0.15, 0.2) is 0 Å². The maximum absolute atomic E-state index is 8.50. The van der Waals surface area contributed by atoms with Crippen molar-refractivity contribution in [3.05, 3.63) is 0 Å². The predicted molar refractivity (Wildman–Crippen MR) is 37.4 cm³/mol. The van der Waals surface area contributed by atoms with Crippen molar-refractivity contribution >= 4 is 0 Å². The topological polar surface area (TPSA) is 20.2 Å². The number of unbranched alkanes of at least 4 members (excludes halogenated alkanes) is 1. The Bertz CT molecular complexity index is 15.0. The van der Waals surface area contributed by atoms with Gasteiger partial charge in [-0.05, 0) is 0 Å². The molecule has 3 heteroatoms. The molecule has 0 heterocycles. The summed E-state index contributed by atoms with van der Waals surface area (Å²) in [6.07, 6.45) is 2.64. The van der Waals surface area contributed by atoms with Gasteiger partial charge in [-0.25, -0.2) is 5.31 Å². The molecule has 0 saturated carbocycles. The second-order valence-electron chi connectivity index (χ2n) is 1.000. The first-order valence-corrected chi connectivity index (χ1v) is 2.08. The van der Waals surface area contributed by atoms with Crippen LogP contribution in [0, 0.1) is 0 Å². The SMILES string of the molecule is C.C.CCCC.OF.[Rf]. The van der Waals surface area contributed by atoms with E-state index in [1.54, 1.807) is 0 Å². The third kappa shape index (κ3) is 13600. The summed E-state index contributed by atoms with van der Waals surface area (Å²) in [5.41, 5.74) is 0. The van der Waals surface area contributed by atoms with Gasteiger partial charge in [-0.15, -0.1) is 0 Å². The van der Waals surface area contributed by atoms with E-state index in [4.69, 9.17) is 9.84 Å². The van der Waals surface area contributed by atoms with Gasteiger partial charge in [0.1, 0.15) is 0 Å². The van der Waals surface area contributed by atoms with Gasteiger partial charge >= 0.3 is 0 Å². The van der Waals surface area contributed by atoms with Gasteiger partial charge in [0.2, 0.25) is 0 Å². The van der Waals surface area contributed by atoms with Crippen molar-refractivity contribution in [1.82, 2.24) is 0 Å². The first kappa shape index (κ1) is 44.8. The van der Waals surface area contributed by atoms with Gasteiger partial charge in [0, 0.05) is 0 Å². The van der Waals surface area contributed by atoms with E-state index in [1.807, 2.05) is 0 Å². The van der Waals surface area contributed by atoms with Crippen molar-refractivity contribution < 1.29 is 9.84 Å². The van der Waals surface area contributed by atoms with Crippen LogP contribution >= 0.6 is 0 Å². The Kier molecular flexibility index (Phi) is 1500. The molecule has 0 bridgehead atoms. The Hall–Kier alpha value is -1.11. The summed E-state index contributed by atoms with van der Waals surface area (Å²) in [5.74, 6) is 0. The fraction of sp³-hybridized carbons (Fsp3) is 1.00. The fourth-order valence-corrected chi connectivity index (χ4v) is 0. The van der Waals surface area contributed by atoms with Crippen LogP contribution in [0.3, 0.4) is 0 Å². The summed E-state index contributed by atoms with van der Waals surface area (Å²) in [6.45, 7) is 4.36. The maximum atomic E-state index is 8.50. The standard InChI is InChI=1S/C4H10.2CH4.FHO.Rf/c1-3-4-2;;;1-2;/h3-4H2,1-2H3;2*1H4;2H;. The zero-order valence-electron chi connectivity index (χ0n) is 4.95. The van der Waals surface area contributed by atoms with Gasteiger partial charge in [0.25, 0.3) is 0 Å². The van der Waals surface area contributed by atoms with Crippen LogP contribution in [0.1, 0.15) is 41.5 Å². The minimum absolute atomic E-state index is 0. The molecular weight excluding hydrogens is 374 g/mol. The summed E-state index contributed by atoms with van der Waals surface area (Å²) in [7, 11) is 0. The molecule has 0 fully saturated rings. The Morgan fingerprint density at radius 1 is 1.00 bits per heavy atom. The average molecular weight is 393 g/mol. The monoisotopic (exact) mass is 393 g/mol. The average Bonchev–Trinajstić information content (AvgIpc) is 1.72. The zero-order valence-corrected chi connectivity index (χ0v) is 11.3. The molecule has 0 aromatic heterocycles. The predicted octanol–water partition coefficient (Wildman–Crippen LogP) is 2.94. The largest absolute Gasteiger partial charge is 0.209 e. The van der Waals surface area contributed by atoms with Crippen molar-refractivity contribution in [2.75, 3.05) is 0 Å². The van der Waals surface area contributed by atoms with Gasteiger partial charge in [-0.2, -0.15) is 0 Å². The summed E-state index contributed by atoms with van der Waals surface area (Å²) in [4.78, 5) is 0. The molecule has 9 heavy (non-hydrogen) atoms. The van der Waals surface area contributed by atoms with E-state index in [1.165, 1.54) is 12.8 Å². The summed E-state index contributed by atoms with van der Waals surface area (Å²) >= 11 is 0. The van der Waals surface area contributed by atoms with Crippen molar-refractivity contribution in [3.63, 3.8) is 0 Å². The van der Waals surface area contributed by atoms with Crippen LogP contribution in [0.25, 0.3) is 0 Å². The zero-order chi connectivity index (χ0) is 5.41. The second-order valence-corrected chi connectivity index (χ2v) is 1.000. The summed E-state index contributed by atoms with van der Waals surface area (Å²) in [5, 5.41) is 5.50. The van der Waals surface area contributed by atoms with Crippen molar-refractivity contribution in [2.24, 2.45) is 0 Å². The van der Waals surface area contributed by atoms with Crippen LogP contribution in [-0.2, 0) is 0 Å². The molecule has 1 nitrogen and oxygen atoms in total. The van der Waals surface area contributed by atoms with Gasteiger partial charge < -0.3 is 0 Å². The van der Waals surface area contributed by atoms with E-state index in [0.717, 1.165) is 0 Å². The number of halogens is 1. The Morgan fingerprint density at radius 2 is 1.11 bits per heavy atom. The van der Waals surface area contributed by atoms with Crippen molar-refractivity contribution in [2.45, 2.75) is 41.5 Å². The van der Waals surface area contributed by atoms with E-state index < -0.39 is 0 Å².